The molecule has 0 amide bonds. The molecule has 0 N–H and O–H groups in total. The van der Waals surface area contributed by atoms with Gasteiger partial charge in [0.2, 0.25) is 0 Å². The van der Waals surface area contributed by atoms with Crippen LogP contribution in [-0.2, 0) is 0 Å². The van der Waals surface area contributed by atoms with Crippen molar-refractivity contribution in [3.8, 4) is 0 Å². The fourth-order valence-corrected chi connectivity index (χ4v) is 6.78. The first kappa shape index (κ1) is 29.4. The van der Waals surface area contributed by atoms with Crippen molar-refractivity contribution in [2.45, 2.75) is 0 Å². The third kappa shape index (κ3) is 5.39. The van der Waals surface area contributed by atoms with Gasteiger partial charge in [-0.15, -0.1) is 0 Å². The molecule has 0 saturated heterocycles. The maximum Gasteiger partial charge on any atom is 0.147 e. The molecule has 0 atom stereocenters. The van der Waals surface area contributed by atoms with Gasteiger partial charge in [0, 0.05) is 33.9 Å². The third-order valence-electron chi connectivity index (χ3n) is 9.14. The molecule has 236 valence electrons. The van der Waals surface area contributed by atoms with Crippen LogP contribution in [0.15, 0.2) is 204 Å². The summed E-state index contributed by atoms with van der Waals surface area (Å²) in [6.45, 7) is 0. The van der Waals surface area contributed by atoms with Gasteiger partial charge in [0.1, 0.15) is 11.7 Å². The molecule has 0 bridgehead atoms. The monoisotopic (exact) mass is 640 g/mol. The van der Waals surface area contributed by atoms with Crippen LogP contribution in [0.5, 0.6) is 0 Å². The summed E-state index contributed by atoms with van der Waals surface area (Å²) in [7, 11) is 0. The summed E-state index contributed by atoms with van der Waals surface area (Å²) in [6.07, 6.45) is 0. The summed E-state index contributed by atoms with van der Waals surface area (Å²) in [4.78, 5) is 15.9. The lowest BCUT2D eigenvalue weighted by atomic mass is 9.99. The zero-order valence-electron chi connectivity index (χ0n) is 27.3. The number of rotatable bonds is 4. The summed E-state index contributed by atoms with van der Waals surface area (Å²) in [5, 5.41) is 4.48. The Labute approximate surface area is 291 Å². The zero-order valence-corrected chi connectivity index (χ0v) is 27.3. The van der Waals surface area contributed by atoms with Crippen molar-refractivity contribution in [1.29, 1.82) is 0 Å². The average molecular weight is 641 g/mol. The van der Waals surface area contributed by atoms with Crippen molar-refractivity contribution in [1.82, 2.24) is 0 Å². The minimum atomic E-state index is 0.799. The fourth-order valence-electron chi connectivity index (χ4n) is 6.78. The Bertz CT molecular complexity index is 2270. The molecule has 1 aliphatic heterocycles. The van der Waals surface area contributed by atoms with Gasteiger partial charge in [0.15, 0.2) is 0 Å². The number of hydrogen-bond donors (Lipinski definition) is 0. The highest BCUT2D eigenvalue weighted by molar-refractivity contribution is 6.25. The van der Waals surface area contributed by atoms with Gasteiger partial charge in [-0.1, -0.05) is 121 Å². The molecule has 9 rings (SSSR count). The highest BCUT2D eigenvalue weighted by Crippen LogP contribution is 2.41. The van der Waals surface area contributed by atoms with Crippen molar-refractivity contribution in [3.63, 3.8) is 0 Å². The highest BCUT2D eigenvalue weighted by atomic mass is 15.2. The minimum absolute atomic E-state index is 0.799. The first-order chi connectivity index (χ1) is 24.8. The Morgan fingerprint density at radius 2 is 0.540 bits per heavy atom. The summed E-state index contributed by atoms with van der Waals surface area (Å²) in [5.41, 5.74) is 7.60. The quantitative estimate of drug-likeness (QED) is 0.192. The SMILES string of the molecule is c1ccc(N(C2=Nc3cc4ccccc4cc3C(N(c3ccccc3)c3ccccc3)=Nc3cc4ccccc4cc32)c2ccccc2)cc1. The average Bonchev–Trinajstić information content (AvgIpc) is 3.18. The topological polar surface area (TPSA) is 31.2 Å². The minimum Gasteiger partial charge on any atom is -0.294 e. The maximum absolute atomic E-state index is 5.71. The van der Waals surface area contributed by atoms with E-state index in [0.717, 1.165) is 78.5 Å². The van der Waals surface area contributed by atoms with Crippen LogP contribution in [-0.4, -0.2) is 11.7 Å². The van der Waals surface area contributed by atoms with Crippen molar-refractivity contribution < 1.29 is 0 Å². The van der Waals surface area contributed by atoms with Gasteiger partial charge in [-0.05, 0) is 94.3 Å². The van der Waals surface area contributed by atoms with Gasteiger partial charge in [-0.3, -0.25) is 9.80 Å². The highest BCUT2D eigenvalue weighted by Gasteiger charge is 2.28. The fraction of sp³-hybridized carbons (Fsp3) is 0. The third-order valence-corrected chi connectivity index (χ3v) is 9.14. The van der Waals surface area contributed by atoms with Crippen LogP contribution in [0.25, 0.3) is 21.5 Å². The lowest BCUT2D eigenvalue weighted by molar-refractivity contribution is 1.27. The molecule has 8 aromatic rings. The van der Waals surface area contributed by atoms with E-state index in [1.54, 1.807) is 0 Å². The van der Waals surface area contributed by atoms with Crippen LogP contribution >= 0.6 is 0 Å². The van der Waals surface area contributed by atoms with Crippen LogP contribution in [0.3, 0.4) is 0 Å². The number of benzene rings is 8. The standard InChI is InChI=1S/C46H32N4/c1-5-21-37(22-6-1)49(38-23-7-2-8-24-38)45-41-29-33-17-13-15-19-35(33)31-43(41)48-46(42-30-34-18-14-16-20-36(34)32-44(42)47-45)50(39-25-9-3-10-26-39)40-27-11-4-12-28-40/h1-32H. The molecule has 0 radical (unpaired) electrons. The van der Waals surface area contributed by atoms with Gasteiger partial charge in [0.25, 0.3) is 0 Å². The zero-order chi connectivity index (χ0) is 33.3. The molecule has 50 heavy (non-hydrogen) atoms. The number of nitrogens with zero attached hydrogens (tertiary/aromatic N) is 4. The second-order valence-electron chi connectivity index (χ2n) is 12.3. The second kappa shape index (κ2) is 12.7. The van der Waals surface area contributed by atoms with Crippen LogP contribution in [0.1, 0.15) is 11.1 Å². The summed E-state index contributed by atoms with van der Waals surface area (Å²) in [6, 6.07) is 67.7. The Balaban J connectivity index is 1.42. The van der Waals surface area contributed by atoms with E-state index >= 15 is 0 Å². The number of para-hydroxylation sites is 4. The van der Waals surface area contributed by atoms with Gasteiger partial charge in [-0.2, -0.15) is 0 Å². The number of hydrogen-bond acceptors (Lipinski definition) is 4. The second-order valence-corrected chi connectivity index (χ2v) is 12.3. The number of anilines is 4. The van der Waals surface area contributed by atoms with Gasteiger partial charge in [-0.25, -0.2) is 9.98 Å². The molecule has 1 aliphatic rings. The van der Waals surface area contributed by atoms with Gasteiger partial charge in [0.05, 0.1) is 11.4 Å². The number of fused-ring (bicyclic) bond motifs is 4. The molecule has 0 fully saturated rings. The molecule has 0 spiro atoms. The molecular weight excluding hydrogens is 609 g/mol. The molecule has 0 unspecified atom stereocenters. The van der Waals surface area contributed by atoms with Gasteiger partial charge >= 0.3 is 0 Å². The van der Waals surface area contributed by atoms with Crippen LogP contribution in [0.4, 0.5) is 34.1 Å². The van der Waals surface area contributed by atoms with Crippen molar-refractivity contribution in [3.05, 3.63) is 205 Å². The summed E-state index contributed by atoms with van der Waals surface area (Å²) < 4.78 is 0. The molecule has 8 aromatic carbocycles. The summed E-state index contributed by atoms with van der Waals surface area (Å²) in [5.74, 6) is 1.60. The number of amidine groups is 2. The van der Waals surface area contributed by atoms with E-state index in [9.17, 15) is 0 Å². The van der Waals surface area contributed by atoms with E-state index in [0.29, 0.717) is 0 Å². The lowest BCUT2D eigenvalue weighted by Crippen LogP contribution is -2.30. The lowest BCUT2D eigenvalue weighted by Gasteiger charge is -2.31. The van der Waals surface area contributed by atoms with Crippen LogP contribution < -0.4 is 9.80 Å². The van der Waals surface area contributed by atoms with E-state index in [1.807, 2.05) is 24.3 Å². The largest absolute Gasteiger partial charge is 0.294 e. The van der Waals surface area contributed by atoms with E-state index in [4.69, 9.17) is 9.98 Å². The van der Waals surface area contributed by atoms with Crippen molar-refractivity contribution in [2.75, 3.05) is 9.80 Å². The van der Waals surface area contributed by atoms with E-state index in [1.165, 1.54) is 0 Å². The molecule has 0 aromatic heterocycles. The molecular formula is C46H32N4. The normalized spacial score (nSPS) is 12.2. The first-order valence-corrected chi connectivity index (χ1v) is 16.8. The van der Waals surface area contributed by atoms with E-state index < -0.39 is 0 Å². The predicted molar refractivity (Wildman–Crippen MR) is 210 cm³/mol. The maximum atomic E-state index is 5.71. The van der Waals surface area contributed by atoms with E-state index in [2.05, 4.69) is 180 Å². The van der Waals surface area contributed by atoms with E-state index in [-0.39, 0.29) is 0 Å². The van der Waals surface area contributed by atoms with Crippen molar-refractivity contribution in [2.24, 2.45) is 9.98 Å². The predicted octanol–water partition coefficient (Wildman–Crippen LogP) is 12.1. The van der Waals surface area contributed by atoms with Crippen LogP contribution in [0, 0.1) is 0 Å². The van der Waals surface area contributed by atoms with Crippen LogP contribution in [0.2, 0.25) is 0 Å². The molecule has 4 heteroatoms. The molecule has 4 nitrogen and oxygen atoms in total. The van der Waals surface area contributed by atoms with Crippen molar-refractivity contribution >= 4 is 67.3 Å². The smallest absolute Gasteiger partial charge is 0.147 e. The Morgan fingerprint density at radius 1 is 0.280 bits per heavy atom. The molecule has 0 aliphatic carbocycles. The molecule has 0 saturated carbocycles. The Hall–Kier alpha value is -6.78. The number of aliphatic imine (C=N–C) groups is 2. The Morgan fingerprint density at radius 3 is 0.840 bits per heavy atom. The first-order valence-electron chi connectivity index (χ1n) is 16.8. The summed E-state index contributed by atoms with van der Waals surface area (Å²) >= 11 is 0. The Kier molecular flexibility index (Phi) is 7.45. The molecule has 1 heterocycles. The van der Waals surface area contributed by atoms with Gasteiger partial charge < -0.3 is 0 Å².